The molecule has 2 aromatic rings. The summed E-state index contributed by atoms with van der Waals surface area (Å²) in [5.41, 5.74) is -7.74. The van der Waals surface area contributed by atoms with Gasteiger partial charge in [0.2, 0.25) is 0 Å². The Morgan fingerprint density at radius 3 is 2.20 bits per heavy atom. The molecule has 1 amide bonds. The van der Waals surface area contributed by atoms with E-state index in [1.807, 2.05) is 0 Å². The topological polar surface area (TPSA) is 250 Å². The summed E-state index contributed by atoms with van der Waals surface area (Å²) in [4.78, 5) is 55.9. The summed E-state index contributed by atoms with van der Waals surface area (Å²) in [5, 5.41) is 63.3. The maximum atomic E-state index is 14.7. The van der Waals surface area contributed by atoms with Crippen molar-refractivity contribution in [2.45, 2.75) is 114 Å². The zero-order chi connectivity index (χ0) is 43.1. The summed E-state index contributed by atoms with van der Waals surface area (Å²) < 4.78 is 39.5. The number of ether oxygens (including phenoxy) is 6. The van der Waals surface area contributed by atoms with Crippen LogP contribution in [-0.4, -0.2) is 136 Å². The van der Waals surface area contributed by atoms with Crippen LogP contribution in [0.4, 0.5) is 4.79 Å². The Kier molecular flexibility index (Phi) is 12.8. The fourth-order valence-corrected chi connectivity index (χ4v) is 9.42. The molecule has 3 fully saturated rings. The van der Waals surface area contributed by atoms with Gasteiger partial charge in [-0.05, 0) is 63.1 Å². The molecule has 6 N–H and O–H groups in total. The number of furan rings is 1. The minimum absolute atomic E-state index is 0.00881. The number of carbonyl (C=O) groups excluding carboxylic acids is 4. The number of Topliss-reactive ketones (excluding diaryl/α,β-unsaturated/α-hetero) is 1. The number of alkyl carbamates (subject to hydrolysis) is 1. The number of rotatable bonds is 14. The second-order valence-corrected chi connectivity index (χ2v) is 16.5. The van der Waals surface area contributed by atoms with Crippen LogP contribution < -0.4 is 5.32 Å². The lowest BCUT2D eigenvalue weighted by molar-refractivity contribution is -0.343. The Balaban J connectivity index is 1.38. The number of esters is 2. The van der Waals surface area contributed by atoms with Gasteiger partial charge in [-0.2, -0.15) is 0 Å². The summed E-state index contributed by atoms with van der Waals surface area (Å²) in [6.45, 7) is 9.82. The van der Waals surface area contributed by atoms with E-state index in [4.69, 9.17) is 32.8 Å². The van der Waals surface area contributed by atoms with E-state index < -0.39 is 107 Å². The average Bonchev–Trinajstić information content (AvgIpc) is 3.75. The standard InChI is InChI=1S/C42H55NO16/c1-7-53-19-24(20-54-8-2)57-38(50)43-30(25-15-12-16-55-25)32(46)37(49)58-26-18-42(52)35(59-36(48)23-13-10-9-11-14-23)33-40(6,27(44)17-28-41(33,51)21-56-28)34(47)31(45)29(22(26)3)39(42,4)5/h9-16,24,26-28,30-33,35,44-46,51-52H,7-8,17-21H2,1-6H3,(H,43,50)/t26-,27-,28+,30-,31+,32+,33-,35-,40+,41-,42+/m0/s1. The minimum atomic E-state index is -2.35. The van der Waals surface area contributed by atoms with Crippen LogP contribution in [0.1, 0.15) is 76.5 Å². The van der Waals surface area contributed by atoms with E-state index in [-0.39, 0.29) is 48.7 Å². The molecule has 4 aliphatic rings. The minimum Gasteiger partial charge on any atom is -0.467 e. The first-order valence-corrected chi connectivity index (χ1v) is 19.8. The molecule has 3 aliphatic carbocycles. The van der Waals surface area contributed by atoms with Crippen LogP contribution >= 0.6 is 0 Å². The van der Waals surface area contributed by atoms with Gasteiger partial charge in [0.25, 0.3) is 0 Å². The number of aliphatic hydroxyl groups is 5. The molecule has 59 heavy (non-hydrogen) atoms. The quantitative estimate of drug-likeness (QED) is 0.0904. The first kappa shape index (κ1) is 44.4. The molecule has 17 nitrogen and oxygen atoms in total. The maximum Gasteiger partial charge on any atom is 0.408 e. The maximum absolute atomic E-state index is 14.7. The SMILES string of the molecule is CCOCC(COCC)OC(=O)N[C@@H](c1ccco1)[C@@H](O)C(=O)O[C@H]1C[C@@]2(O)[C@@H](OC(=O)c3ccccc3)[C@@H]3[C@]4(O)CO[C@@H]4C[C@H](O)[C@@]3(C)C(=O)[C@H](O)C(=C1C)C2(C)C. The summed E-state index contributed by atoms with van der Waals surface area (Å²) in [7, 11) is 0. The van der Waals surface area contributed by atoms with E-state index in [1.165, 1.54) is 58.2 Å². The molecule has 2 heterocycles. The number of ketones is 1. The van der Waals surface area contributed by atoms with E-state index in [9.17, 15) is 44.7 Å². The highest BCUT2D eigenvalue weighted by Crippen LogP contribution is 2.63. The first-order chi connectivity index (χ1) is 27.9. The average molecular weight is 830 g/mol. The van der Waals surface area contributed by atoms with Gasteiger partial charge in [-0.25, -0.2) is 14.4 Å². The lowest BCUT2D eigenvalue weighted by Crippen LogP contribution is -2.81. The predicted octanol–water partition coefficient (Wildman–Crippen LogP) is 1.92. The van der Waals surface area contributed by atoms with Gasteiger partial charge in [0.1, 0.15) is 41.3 Å². The van der Waals surface area contributed by atoms with Crippen molar-refractivity contribution in [2.75, 3.05) is 33.0 Å². The molecule has 0 unspecified atom stereocenters. The van der Waals surface area contributed by atoms with Crippen LogP contribution in [0.5, 0.6) is 0 Å². The van der Waals surface area contributed by atoms with Crippen molar-refractivity contribution in [2.24, 2.45) is 16.7 Å². The Bertz CT molecular complexity index is 1870. The summed E-state index contributed by atoms with van der Waals surface area (Å²) in [6, 6.07) is 9.15. The molecule has 1 aromatic carbocycles. The highest BCUT2D eigenvalue weighted by Gasteiger charge is 2.76. The van der Waals surface area contributed by atoms with E-state index >= 15 is 0 Å². The fourth-order valence-electron chi connectivity index (χ4n) is 9.42. The summed E-state index contributed by atoms with van der Waals surface area (Å²) in [5.74, 6) is -4.74. The zero-order valence-electron chi connectivity index (χ0n) is 34.0. The van der Waals surface area contributed by atoms with Gasteiger partial charge in [-0.3, -0.25) is 4.79 Å². The van der Waals surface area contributed by atoms with Crippen LogP contribution in [0.25, 0.3) is 0 Å². The van der Waals surface area contributed by atoms with Gasteiger partial charge in [-0.1, -0.05) is 32.0 Å². The first-order valence-electron chi connectivity index (χ1n) is 19.8. The van der Waals surface area contributed by atoms with Crippen molar-refractivity contribution in [3.05, 3.63) is 71.2 Å². The van der Waals surface area contributed by atoms with Crippen LogP contribution in [-0.2, 0) is 38.0 Å². The summed E-state index contributed by atoms with van der Waals surface area (Å²) >= 11 is 0. The normalized spacial score (nSPS) is 33.3. The Morgan fingerprint density at radius 1 is 0.966 bits per heavy atom. The molecule has 1 aromatic heterocycles. The van der Waals surface area contributed by atoms with Crippen molar-refractivity contribution >= 4 is 23.8 Å². The van der Waals surface area contributed by atoms with E-state index in [0.717, 1.165) is 0 Å². The van der Waals surface area contributed by atoms with E-state index in [1.54, 1.807) is 32.0 Å². The molecule has 0 spiro atoms. The van der Waals surface area contributed by atoms with Gasteiger partial charge >= 0.3 is 18.0 Å². The number of hydrogen-bond donors (Lipinski definition) is 6. The van der Waals surface area contributed by atoms with Gasteiger partial charge in [-0.15, -0.1) is 0 Å². The smallest absolute Gasteiger partial charge is 0.408 e. The fraction of sp³-hybridized carbons (Fsp3) is 0.619. The van der Waals surface area contributed by atoms with Crippen molar-refractivity contribution in [3.63, 3.8) is 0 Å². The second kappa shape index (κ2) is 17.0. The molecule has 0 radical (unpaired) electrons. The Labute approximate surface area is 341 Å². The van der Waals surface area contributed by atoms with Crippen molar-refractivity contribution in [1.29, 1.82) is 0 Å². The third-order valence-corrected chi connectivity index (χ3v) is 12.8. The highest BCUT2D eigenvalue weighted by atomic mass is 16.6. The molecule has 1 saturated heterocycles. The number of hydrogen-bond acceptors (Lipinski definition) is 16. The Morgan fingerprint density at radius 2 is 1.63 bits per heavy atom. The number of aliphatic hydroxyl groups excluding tert-OH is 3. The molecular weight excluding hydrogens is 774 g/mol. The third kappa shape index (κ3) is 7.71. The molecule has 11 atom stereocenters. The number of nitrogens with one attached hydrogen (secondary N) is 1. The Hall–Kier alpha value is -4.20. The molecule has 1 aliphatic heterocycles. The molecular formula is C42H55NO16. The molecule has 2 saturated carbocycles. The predicted molar refractivity (Wildman–Crippen MR) is 203 cm³/mol. The zero-order valence-corrected chi connectivity index (χ0v) is 34.0. The monoisotopic (exact) mass is 829 g/mol. The number of benzene rings is 1. The number of amides is 1. The molecule has 6 rings (SSSR count). The second-order valence-electron chi connectivity index (χ2n) is 16.5. The number of carbonyl (C=O) groups is 4. The summed E-state index contributed by atoms with van der Waals surface area (Å²) in [6.07, 6.45) is -11.3. The molecule has 2 bridgehead atoms. The molecule has 324 valence electrons. The number of fused-ring (bicyclic) bond motifs is 5. The lowest BCUT2D eigenvalue weighted by Gasteiger charge is -2.66. The largest absolute Gasteiger partial charge is 0.467 e. The van der Waals surface area contributed by atoms with Crippen molar-refractivity contribution in [1.82, 2.24) is 5.32 Å². The van der Waals surface area contributed by atoms with Gasteiger partial charge in [0.05, 0.1) is 49.3 Å². The molecule has 17 heteroatoms. The van der Waals surface area contributed by atoms with Gasteiger partial charge < -0.3 is 63.7 Å². The van der Waals surface area contributed by atoms with Gasteiger partial charge in [0.15, 0.2) is 18.0 Å². The van der Waals surface area contributed by atoms with Gasteiger partial charge in [0, 0.05) is 37.4 Å². The van der Waals surface area contributed by atoms with Crippen LogP contribution in [0.15, 0.2) is 64.3 Å². The van der Waals surface area contributed by atoms with Crippen LogP contribution in [0.3, 0.4) is 0 Å². The highest BCUT2D eigenvalue weighted by molar-refractivity contribution is 5.94. The van der Waals surface area contributed by atoms with Crippen LogP contribution in [0, 0.1) is 16.7 Å². The van der Waals surface area contributed by atoms with Crippen molar-refractivity contribution < 1.29 is 77.5 Å². The van der Waals surface area contributed by atoms with E-state index in [2.05, 4.69) is 5.32 Å². The lowest BCUT2D eigenvalue weighted by atomic mass is 9.44. The third-order valence-electron chi connectivity index (χ3n) is 12.8. The van der Waals surface area contributed by atoms with Crippen LogP contribution in [0.2, 0.25) is 0 Å². The van der Waals surface area contributed by atoms with Crippen molar-refractivity contribution in [3.8, 4) is 0 Å². The van der Waals surface area contributed by atoms with E-state index in [0.29, 0.717) is 13.2 Å².